The molecule has 0 radical (unpaired) electrons. The van der Waals surface area contributed by atoms with Crippen LogP contribution in [0.2, 0.25) is 5.02 Å². The van der Waals surface area contributed by atoms with Crippen molar-refractivity contribution in [3.63, 3.8) is 0 Å². The highest BCUT2D eigenvalue weighted by atomic mass is 35.5. The van der Waals surface area contributed by atoms with Crippen LogP contribution >= 0.6 is 11.6 Å². The molecule has 1 rings (SSSR count). The van der Waals surface area contributed by atoms with E-state index in [4.69, 9.17) is 17.3 Å². The van der Waals surface area contributed by atoms with Gasteiger partial charge in [-0.15, -0.1) is 0 Å². The molecule has 19 heavy (non-hydrogen) atoms. The molecule has 0 aliphatic carbocycles. The predicted octanol–water partition coefficient (Wildman–Crippen LogP) is 3.67. The molecular weight excluding hydrogens is 300 g/mol. The third kappa shape index (κ3) is 4.17. The maximum absolute atomic E-state index is 12.3. The van der Waals surface area contributed by atoms with Crippen molar-refractivity contribution in [1.82, 2.24) is 0 Å². The number of benzene rings is 1. The Kier molecular flexibility index (Phi) is 4.57. The highest BCUT2D eigenvalue weighted by molar-refractivity contribution is 6.32. The molecule has 0 spiro atoms. The zero-order valence-electron chi connectivity index (χ0n) is 9.15. The van der Waals surface area contributed by atoms with Crippen LogP contribution in [-0.4, -0.2) is 18.5 Å². The van der Waals surface area contributed by atoms with Gasteiger partial charge in [-0.3, -0.25) is 0 Å². The quantitative estimate of drug-likeness (QED) is 0.865. The second-order valence-electron chi connectivity index (χ2n) is 3.55. The fourth-order valence-corrected chi connectivity index (χ4v) is 1.46. The first-order chi connectivity index (χ1) is 8.55. The molecule has 0 atom stereocenters. The van der Waals surface area contributed by atoms with Crippen molar-refractivity contribution < 1.29 is 31.1 Å². The van der Waals surface area contributed by atoms with Gasteiger partial charge < -0.3 is 10.5 Å². The van der Waals surface area contributed by atoms with Crippen LogP contribution in [0.15, 0.2) is 18.2 Å². The minimum atomic E-state index is -5.59. The standard InChI is InChI=1S/C10H8ClF6NO/c11-6-3-5(4-18)1-2-7(6)19-8(9(12,13)14)10(15,16)17/h1-3,8H,4,18H2. The van der Waals surface area contributed by atoms with Crippen molar-refractivity contribution in [2.45, 2.75) is 25.0 Å². The summed E-state index contributed by atoms with van der Waals surface area (Å²) in [5.41, 5.74) is 5.70. The summed E-state index contributed by atoms with van der Waals surface area (Å²) in [7, 11) is 0. The lowest BCUT2D eigenvalue weighted by Crippen LogP contribution is -2.46. The molecule has 0 heterocycles. The van der Waals surface area contributed by atoms with Crippen molar-refractivity contribution in [2.24, 2.45) is 5.73 Å². The highest BCUT2D eigenvalue weighted by Gasteiger charge is 2.59. The summed E-state index contributed by atoms with van der Waals surface area (Å²) < 4.78 is 77.6. The van der Waals surface area contributed by atoms with Crippen LogP contribution in [-0.2, 0) is 6.54 Å². The zero-order valence-corrected chi connectivity index (χ0v) is 9.90. The molecule has 0 saturated carbocycles. The van der Waals surface area contributed by atoms with E-state index in [1.54, 1.807) is 0 Å². The van der Waals surface area contributed by atoms with E-state index >= 15 is 0 Å². The van der Waals surface area contributed by atoms with Crippen molar-refractivity contribution in [1.29, 1.82) is 0 Å². The Bertz CT molecular complexity index is 431. The van der Waals surface area contributed by atoms with Crippen LogP contribution in [0.5, 0.6) is 5.75 Å². The van der Waals surface area contributed by atoms with Crippen molar-refractivity contribution in [2.75, 3.05) is 0 Å². The van der Waals surface area contributed by atoms with E-state index in [-0.39, 0.29) is 11.6 Å². The molecule has 108 valence electrons. The Morgan fingerprint density at radius 1 is 1.11 bits per heavy atom. The summed E-state index contributed by atoms with van der Waals surface area (Å²) in [5, 5.41) is -0.374. The van der Waals surface area contributed by atoms with Gasteiger partial charge >= 0.3 is 12.4 Å². The maximum Gasteiger partial charge on any atom is 0.434 e. The number of nitrogens with two attached hydrogens (primary N) is 1. The summed E-state index contributed by atoms with van der Waals surface area (Å²) in [6.07, 6.45) is -15.1. The lowest BCUT2D eigenvalue weighted by Gasteiger charge is -2.24. The number of hydrogen-bond acceptors (Lipinski definition) is 2. The zero-order chi connectivity index (χ0) is 14.8. The average Bonchev–Trinajstić information content (AvgIpc) is 2.23. The Labute approximate surface area is 109 Å². The van der Waals surface area contributed by atoms with Gasteiger partial charge in [-0.25, -0.2) is 0 Å². The number of ether oxygens (including phenoxy) is 1. The van der Waals surface area contributed by atoms with Crippen LogP contribution in [0.4, 0.5) is 26.3 Å². The van der Waals surface area contributed by atoms with E-state index in [9.17, 15) is 26.3 Å². The van der Waals surface area contributed by atoms with E-state index in [1.807, 2.05) is 0 Å². The Morgan fingerprint density at radius 2 is 1.63 bits per heavy atom. The Balaban J connectivity index is 3.04. The summed E-state index contributed by atoms with van der Waals surface area (Å²) >= 11 is 5.54. The number of halogens is 7. The number of rotatable bonds is 3. The molecule has 0 saturated heterocycles. The lowest BCUT2D eigenvalue weighted by molar-refractivity contribution is -0.299. The molecule has 0 bridgehead atoms. The van der Waals surface area contributed by atoms with Crippen molar-refractivity contribution >= 4 is 11.6 Å². The number of alkyl halides is 6. The molecule has 1 aromatic carbocycles. The van der Waals surface area contributed by atoms with Crippen LogP contribution in [0.25, 0.3) is 0 Å². The van der Waals surface area contributed by atoms with Gasteiger partial charge in [0.1, 0.15) is 5.75 Å². The molecule has 2 nitrogen and oxygen atoms in total. The van der Waals surface area contributed by atoms with Crippen LogP contribution in [0, 0.1) is 0 Å². The summed E-state index contributed by atoms with van der Waals surface area (Å²) in [5.74, 6) is -0.710. The molecule has 0 aliphatic rings. The van der Waals surface area contributed by atoms with Crippen molar-refractivity contribution in [3.8, 4) is 5.75 Å². The highest BCUT2D eigenvalue weighted by Crippen LogP contribution is 2.38. The summed E-state index contributed by atoms with van der Waals surface area (Å²) in [6.45, 7) is 0.0436. The first kappa shape index (κ1) is 15.9. The van der Waals surface area contributed by atoms with E-state index in [2.05, 4.69) is 4.74 Å². The molecule has 0 amide bonds. The SMILES string of the molecule is NCc1ccc(OC(C(F)(F)F)C(F)(F)F)c(Cl)c1. The normalized spacial score (nSPS) is 12.9. The average molecular weight is 308 g/mol. The van der Waals surface area contributed by atoms with Gasteiger partial charge in [-0.2, -0.15) is 26.3 Å². The summed E-state index contributed by atoms with van der Waals surface area (Å²) in [6, 6.07) is 3.28. The van der Waals surface area contributed by atoms with E-state index in [0.717, 1.165) is 12.1 Å². The van der Waals surface area contributed by atoms with Gasteiger partial charge in [0.25, 0.3) is 6.10 Å². The third-order valence-electron chi connectivity index (χ3n) is 2.07. The Hall–Kier alpha value is -1.15. The molecule has 2 N–H and O–H groups in total. The van der Waals surface area contributed by atoms with E-state index < -0.39 is 24.2 Å². The second kappa shape index (κ2) is 5.46. The smallest absolute Gasteiger partial charge is 0.434 e. The first-order valence-corrected chi connectivity index (χ1v) is 5.22. The van der Waals surface area contributed by atoms with E-state index in [1.165, 1.54) is 6.07 Å². The topological polar surface area (TPSA) is 35.2 Å². The molecular formula is C10H8ClF6NO. The van der Waals surface area contributed by atoms with Crippen LogP contribution in [0.1, 0.15) is 5.56 Å². The van der Waals surface area contributed by atoms with Gasteiger partial charge in [0.2, 0.25) is 0 Å². The van der Waals surface area contributed by atoms with Gasteiger partial charge in [-0.05, 0) is 17.7 Å². The van der Waals surface area contributed by atoms with E-state index in [0.29, 0.717) is 5.56 Å². The molecule has 9 heteroatoms. The van der Waals surface area contributed by atoms with Gasteiger partial charge in [-0.1, -0.05) is 17.7 Å². The van der Waals surface area contributed by atoms with Crippen molar-refractivity contribution in [3.05, 3.63) is 28.8 Å². The van der Waals surface area contributed by atoms with Gasteiger partial charge in [0.15, 0.2) is 0 Å². The van der Waals surface area contributed by atoms with Gasteiger partial charge in [0, 0.05) is 6.54 Å². The minimum absolute atomic E-state index is 0.0436. The first-order valence-electron chi connectivity index (χ1n) is 4.84. The summed E-state index contributed by atoms with van der Waals surface area (Å²) in [4.78, 5) is 0. The van der Waals surface area contributed by atoms with Crippen LogP contribution < -0.4 is 10.5 Å². The molecule has 0 aliphatic heterocycles. The third-order valence-corrected chi connectivity index (χ3v) is 2.37. The predicted molar refractivity (Wildman–Crippen MR) is 55.9 cm³/mol. The Morgan fingerprint density at radius 3 is 2.00 bits per heavy atom. The molecule has 0 fully saturated rings. The molecule has 0 aromatic heterocycles. The maximum atomic E-state index is 12.3. The lowest BCUT2D eigenvalue weighted by atomic mass is 10.2. The van der Waals surface area contributed by atoms with Gasteiger partial charge in [0.05, 0.1) is 5.02 Å². The number of hydrogen-bond donors (Lipinski definition) is 1. The monoisotopic (exact) mass is 307 g/mol. The van der Waals surface area contributed by atoms with Crippen LogP contribution in [0.3, 0.4) is 0 Å². The largest absolute Gasteiger partial charge is 0.470 e. The fraction of sp³-hybridized carbons (Fsp3) is 0.400. The molecule has 1 aromatic rings. The minimum Gasteiger partial charge on any atom is -0.470 e. The second-order valence-corrected chi connectivity index (χ2v) is 3.96. The fourth-order valence-electron chi connectivity index (χ4n) is 1.21. The molecule has 0 unspecified atom stereocenters.